The summed E-state index contributed by atoms with van der Waals surface area (Å²) in [6.45, 7) is 3.01. The number of benzene rings is 2. The molecule has 27 heavy (non-hydrogen) atoms. The van der Waals surface area contributed by atoms with Gasteiger partial charge in [-0.15, -0.1) is 0 Å². The number of halogens is 2. The molecule has 2 saturated heterocycles. The van der Waals surface area contributed by atoms with E-state index in [1.165, 1.54) is 4.90 Å². The second kappa shape index (κ2) is 7.62. The summed E-state index contributed by atoms with van der Waals surface area (Å²) in [5.74, 6) is -0.269. The number of para-hydroxylation sites is 1. The second-order valence-corrected chi connectivity index (χ2v) is 8.06. The topological polar surface area (TPSA) is 43.9 Å². The molecule has 2 amide bonds. The minimum Gasteiger partial charge on any atom is -0.368 e. The average Bonchev–Trinajstić information content (AvgIpc) is 2.97. The van der Waals surface area contributed by atoms with Gasteiger partial charge in [0.1, 0.15) is 0 Å². The first-order valence-corrected chi connectivity index (χ1v) is 10.1. The summed E-state index contributed by atoms with van der Waals surface area (Å²) in [6, 6.07) is 14.7. The number of carbonyl (C=O) groups is 2. The molecule has 0 spiro atoms. The van der Waals surface area contributed by atoms with Gasteiger partial charge in [-0.25, -0.2) is 4.90 Å². The van der Waals surface area contributed by atoms with Crippen molar-refractivity contribution >= 4 is 50.7 Å². The fourth-order valence-electron chi connectivity index (χ4n) is 3.75. The summed E-state index contributed by atoms with van der Waals surface area (Å²) in [5, 5.41) is 0.736. The van der Waals surface area contributed by atoms with E-state index in [1.807, 2.05) is 36.4 Å². The molecule has 4 rings (SSSR count). The van der Waals surface area contributed by atoms with E-state index in [0.717, 1.165) is 41.4 Å². The normalized spacial score (nSPS) is 21.2. The molecule has 2 aromatic rings. The highest BCUT2D eigenvalue weighted by Crippen LogP contribution is 2.29. The SMILES string of the molecule is O=C1CC(N2CCN(c3ccccc3Cl)CC2)C(=O)N1c1ccc(Br)cc1. The van der Waals surface area contributed by atoms with E-state index in [0.29, 0.717) is 5.69 Å². The van der Waals surface area contributed by atoms with Gasteiger partial charge in [0.2, 0.25) is 5.91 Å². The molecule has 2 aliphatic rings. The number of piperazine rings is 1. The minimum atomic E-state index is -0.380. The van der Waals surface area contributed by atoms with Crippen LogP contribution in [-0.2, 0) is 9.59 Å². The van der Waals surface area contributed by atoms with E-state index >= 15 is 0 Å². The fourth-order valence-corrected chi connectivity index (χ4v) is 4.26. The van der Waals surface area contributed by atoms with Gasteiger partial charge in [-0.05, 0) is 36.4 Å². The van der Waals surface area contributed by atoms with E-state index in [4.69, 9.17) is 11.6 Å². The lowest BCUT2D eigenvalue weighted by molar-refractivity contribution is -0.123. The summed E-state index contributed by atoms with van der Waals surface area (Å²) >= 11 is 9.68. The molecule has 5 nitrogen and oxygen atoms in total. The molecule has 0 aliphatic carbocycles. The van der Waals surface area contributed by atoms with Crippen LogP contribution in [0.3, 0.4) is 0 Å². The summed E-state index contributed by atoms with van der Waals surface area (Å²) in [4.78, 5) is 31.1. The zero-order valence-electron chi connectivity index (χ0n) is 14.6. The molecule has 140 valence electrons. The Morgan fingerprint density at radius 1 is 0.926 bits per heavy atom. The maximum Gasteiger partial charge on any atom is 0.251 e. The lowest BCUT2D eigenvalue weighted by Crippen LogP contribution is -2.52. The summed E-state index contributed by atoms with van der Waals surface area (Å²) in [7, 11) is 0. The third-order valence-electron chi connectivity index (χ3n) is 5.16. The van der Waals surface area contributed by atoms with Crippen molar-refractivity contribution in [2.75, 3.05) is 36.0 Å². The number of hydrogen-bond donors (Lipinski definition) is 0. The maximum absolute atomic E-state index is 12.9. The van der Waals surface area contributed by atoms with Crippen molar-refractivity contribution in [3.8, 4) is 0 Å². The van der Waals surface area contributed by atoms with Gasteiger partial charge >= 0.3 is 0 Å². The number of amides is 2. The molecule has 2 aliphatic heterocycles. The van der Waals surface area contributed by atoms with Crippen molar-refractivity contribution in [3.63, 3.8) is 0 Å². The van der Waals surface area contributed by atoms with Crippen LogP contribution >= 0.6 is 27.5 Å². The quantitative estimate of drug-likeness (QED) is 0.674. The molecule has 0 aromatic heterocycles. The predicted octanol–water partition coefficient (Wildman–Crippen LogP) is 3.56. The molecular formula is C20H19BrClN3O2. The van der Waals surface area contributed by atoms with Crippen LogP contribution < -0.4 is 9.80 Å². The van der Waals surface area contributed by atoms with Gasteiger partial charge in [0.15, 0.2) is 0 Å². The Morgan fingerprint density at radius 2 is 1.59 bits per heavy atom. The number of rotatable bonds is 3. The number of anilines is 2. The van der Waals surface area contributed by atoms with Gasteiger partial charge in [-0.2, -0.15) is 0 Å². The predicted molar refractivity (Wildman–Crippen MR) is 110 cm³/mol. The fraction of sp³-hybridized carbons (Fsp3) is 0.300. The van der Waals surface area contributed by atoms with Crippen LogP contribution in [0.5, 0.6) is 0 Å². The maximum atomic E-state index is 12.9. The summed E-state index contributed by atoms with van der Waals surface area (Å²) in [5.41, 5.74) is 1.65. The largest absolute Gasteiger partial charge is 0.368 e. The van der Waals surface area contributed by atoms with Crippen molar-refractivity contribution in [2.45, 2.75) is 12.5 Å². The third kappa shape index (κ3) is 3.61. The van der Waals surface area contributed by atoms with E-state index in [1.54, 1.807) is 12.1 Å². The van der Waals surface area contributed by atoms with Gasteiger partial charge in [-0.1, -0.05) is 39.7 Å². The molecule has 1 atom stereocenters. The highest BCUT2D eigenvalue weighted by Gasteiger charge is 2.43. The van der Waals surface area contributed by atoms with Gasteiger partial charge in [0.25, 0.3) is 5.91 Å². The Balaban J connectivity index is 1.44. The van der Waals surface area contributed by atoms with Crippen LogP contribution in [0, 0.1) is 0 Å². The first kappa shape index (κ1) is 18.5. The monoisotopic (exact) mass is 447 g/mol. The van der Waals surface area contributed by atoms with Crippen LogP contribution in [0.1, 0.15) is 6.42 Å². The van der Waals surface area contributed by atoms with Crippen molar-refractivity contribution in [1.29, 1.82) is 0 Å². The van der Waals surface area contributed by atoms with Crippen LogP contribution in [0.25, 0.3) is 0 Å². The van der Waals surface area contributed by atoms with Crippen LogP contribution in [-0.4, -0.2) is 48.9 Å². The molecule has 1 unspecified atom stereocenters. The Hall–Kier alpha value is -1.89. The Kier molecular flexibility index (Phi) is 5.21. The van der Waals surface area contributed by atoms with Gasteiger partial charge in [0, 0.05) is 30.7 Å². The molecule has 0 N–H and O–H groups in total. The number of hydrogen-bond acceptors (Lipinski definition) is 4. The standard InChI is InChI=1S/C20H19BrClN3O2/c21-14-5-7-15(8-6-14)25-19(26)13-18(20(25)27)24-11-9-23(10-12-24)17-4-2-1-3-16(17)22/h1-8,18H,9-13H2. The first-order valence-electron chi connectivity index (χ1n) is 8.90. The van der Waals surface area contributed by atoms with Crippen molar-refractivity contribution < 1.29 is 9.59 Å². The smallest absolute Gasteiger partial charge is 0.251 e. The average molecular weight is 449 g/mol. The molecular weight excluding hydrogens is 430 g/mol. The Morgan fingerprint density at radius 3 is 2.26 bits per heavy atom. The first-order chi connectivity index (χ1) is 13.0. The third-order valence-corrected chi connectivity index (χ3v) is 6.00. The van der Waals surface area contributed by atoms with E-state index in [2.05, 4.69) is 25.7 Å². The number of nitrogens with zero attached hydrogens (tertiary/aromatic N) is 3. The van der Waals surface area contributed by atoms with Crippen molar-refractivity contribution in [3.05, 3.63) is 58.0 Å². The van der Waals surface area contributed by atoms with Crippen molar-refractivity contribution in [2.24, 2.45) is 0 Å². The van der Waals surface area contributed by atoms with Crippen LogP contribution in [0.15, 0.2) is 53.0 Å². The summed E-state index contributed by atoms with van der Waals surface area (Å²) < 4.78 is 0.914. The van der Waals surface area contributed by atoms with E-state index in [9.17, 15) is 9.59 Å². The highest BCUT2D eigenvalue weighted by molar-refractivity contribution is 9.10. The van der Waals surface area contributed by atoms with Gasteiger partial charge in [-0.3, -0.25) is 14.5 Å². The van der Waals surface area contributed by atoms with Gasteiger partial charge < -0.3 is 4.90 Å². The molecule has 0 bridgehead atoms. The number of imide groups is 1. The van der Waals surface area contributed by atoms with Crippen LogP contribution in [0.2, 0.25) is 5.02 Å². The summed E-state index contributed by atoms with van der Waals surface area (Å²) in [6.07, 6.45) is 0.237. The van der Waals surface area contributed by atoms with Crippen molar-refractivity contribution in [1.82, 2.24) is 4.90 Å². The molecule has 2 heterocycles. The Bertz CT molecular complexity index is 866. The van der Waals surface area contributed by atoms with Crippen LogP contribution in [0.4, 0.5) is 11.4 Å². The minimum absolute atomic E-state index is 0.131. The lowest BCUT2D eigenvalue weighted by atomic mass is 10.1. The highest BCUT2D eigenvalue weighted by atomic mass is 79.9. The zero-order valence-corrected chi connectivity index (χ0v) is 17.0. The van der Waals surface area contributed by atoms with Gasteiger partial charge in [0.05, 0.1) is 28.9 Å². The second-order valence-electron chi connectivity index (χ2n) is 6.74. The zero-order chi connectivity index (χ0) is 19.0. The molecule has 2 aromatic carbocycles. The molecule has 7 heteroatoms. The number of carbonyl (C=O) groups excluding carboxylic acids is 2. The molecule has 0 saturated carbocycles. The Labute approximate surface area is 171 Å². The lowest BCUT2D eigenvalue weighted by Gasteiger charge is -2.38. The molecule has 2 fully saturated rings. The van der Waals surface area contributed by atoms with E-state index in [-0.39, 0.29) is 24.3 Å². The van der Waals surface area contributed by atoms with E-state index < -0.39 is 0 Å². The molecule has 0 radical (unpaired) electrons.